The maximum absolute atomic E-state index is 13.1. The summed E-state index contributed by atoms with van der Waals surface area (Å²) in [6.07, 6.45) is 5.51. The van der Waals surface area contributed by atoms with Crippen molar-refractivity contribution in [2.24, 2.45) is 5.41 Å². The quantitative estimate of drug-likeness (QED) is 0.197. The predicted octanol–water partition coefficient (Wildman–Crippen LogP) is 5.87. The van der Waals surface area contributed by atoms with E-state index in [0.29, 0.717) is 24.6 Å². The van der Waals surface area contributed by atoms with Crippen molar-refractivity contribution in [1.29, 1.82) is 0 Å². The normalized spacial score (nSPS) is 14.3. The minimum Gasteiger partial charge on any atom is -0.493 e. The third-order valence-electron chi connectivity index (χ3n) is 7.23. The van der Waals surface area contributed by atoms with Gasteiger partial charge in [-0.05, 0) is 71.2 Å². The molecule has 0 spiro atoms. The molecule has 0 unspecified atom stereocenters. The molecule has 0 saturated heterocycles. The third-order valence-corrected chi connectivity index (χ3v) is 8.29. The molecule has 11 heteroatoms. The zero-order valence-electron chi connectivity index (χ0n) is 24.7. The lowest BCUT2D eigenvalue weighted by Crippen LogP contribution is -2.47. The smallest absolute Gasteiger partial charge is 0.242 e. The Bertz CT molecular complexity index is 1320. The molecule has 0 bridgehead atoms. The van der Waals surface area contributed by atoms with Crippen LogP contribution in [0.25, 0.3) is 0 Å². The summed E-state index contributed by atoms with van der Waals surface area (Å²) in [4.78, 5) is 42.1. The molecule has 0 atom stereocenters. The number of aromatic nitrogens is 2. The fraction of sp³-hybridized carbons (Fsp3) is 0.467. The predicted molar refractivity (Wildman–Crippen MR) is 171 cm³/mol. The Morgan fingerprint density at radius 1 is 1.05 bits per heavy atom. The number of benzene rings is 1. The largest absolute Gasteiger partial charge is 0.493 e. The lowest BCUT2D eigenvalue weighted by atomic mass is 9.90. The van der Waals surface area contributed by atoms with Gasteiger partial charge >= 0.3 is 0 Å². The standard InChI is InChI=1S/C30H39N5O3S.2ClH/c1-7-35-25-12-11-24(18-26(25)33(6)28(36)30(4,5)29(35)37)38-17-9-15-34(16-13-23-10-8-14-31-19-23)20-27-21(2)32-22(3)39-27;;/h8,10-12,14,18-19H,7,9,13,15-17,20H2,1-6H3;2*1H. The number of nitrogens with zero attached hydrogens (tertiary/aromatic N) is 5. The van der Waals surface area contributed by atoms with Gasteiger partial charge in [0.25, 0.3) is 0 Å². The molecule has 2 amide bonds. The summed E-state index contributed by atoms with van der Waals surface area (Å²) in [6.45, 7) is 13.1. The fourth-order valence-electron chi connectivity index (χ4n) is 4.98. The molecule has 1 aliphatic rings. The summed E-state index contributed by atoms with van der Waals surface area (Å²) in [5.74, 6) is 0.277. The number of carbonyl (C=O) groups excluding carboxylic acids is 2. The highest BCUT2D eigenvalue weighted by molar-refractivity contribution is 7.11. The van der Waals surface area contributed by atoms with E-state index in [0.717, 1.165) is 48.9 Å². The summed E-state index contributed by atoms with van der Waals surface area (Å²) in [7, 11) is 1.72. The van der Waals surface area contributed by atoms with Crippen molar-refractivity contribution in [3.05, 3.63) is 63.9 Å². The summed E-state index contributed by atoms with van der Waals surface area (Å²) in [5.41, 5.74) is 2.62. The lowest BCUT2D eigenvalue weighted by Gasteiger charge is -2.27. The summed E-state index contributed by atoms with van der Waals surface area (Å²) < 4.78 is 6.15. The highest BCUT2D eigenvalue weighted by atomic mass is 35.5. The van der Waals surface area contributed by atoms with Crippen LogP contribution in [0.15, 0.2) is 42.7 Å². The first-order valence-electron chi connectivity index (χ1n) is 13.5. The SMILES string of the molecule is CCN1C(=O)C(C)(C)C(=O)N(C)c2cc(OCCCN(CCc3cccnc3)Cc3sc(C)nc3C)ccc21.Cl.Cl. The Labute approximate surface area is 259 Å². The maximum Gasteiger partial charge on any atom is 0.242 e. The molecule has 0 radical (unpaired) electrons. The zero-order valence-corrected chi connectivity index (χ0v) is 27.1. The van der Waals surface area contributed by atoms with Crippen LogP contribution in [0, 0.1) is 19.3 Å². The lowest BCUT2D eigenvalue weighted by molar-refractivity contribution is -0.137. The monoisotopic (exact) mass is 621 g/mol. The van der Waals surface area contributed by atoms with E-state index >= 15 is 0 Å². The van der Waals surface area contributed by atoms with Gasteiger partial charge in [0.2, 0.25) is 11.8 Å². The number of thiazole rings is 1. The molecule has 0 saturated carbocycles. The number of pyridine rings is 1. The molecular formula is C30H41Cl2N5O3S. The van der Waals surface area contributed by atoms with Gasteiger partial charge in [-0.3, -0.25) is 19.5 Å². The molecule has 2 aromatic heterocycles. The van der Waals surface area contributed by atoms with Gasteiger partial charge in [-0.25, -0.2) is 4.98 Å². The fourth-order valence-corrected chi connectivity index (χ4v) is 5.96. The zero-order chi connectivity index (χ0) is 28.2. The van der Waals surface area contributed by atoms with Crippen LogP contribution in [-0.4, -0.2) is 60.0 Å². The number of hydrogen-bond acceptors (Lipinski definition) is 7. The summed E-state index contributed by atoms with van der Waals surface area (Å²) >= 11 is 1.76. The van der Waals surface area contributed by atoms with Crippen molar-refractivity contribution in [3.8, 4) is 5.75 Å². The van der Waals surface area contributed by atoms with Crippen LogP contribution >= 0.6 is 36.2 Å². The highest BCUT2D eigenvalue weighted by Gasteiger charge is 2.45. The highest BCUT2D eigenvalue weighted by Crippen LogP contribution is 2.40. The van der Waals surface area contributed by atoms with Crippen molar-refractivity contribution in [3.63, 3.8) is 0 Å². The molecule has 0 N–H and O–H groups in total. The van der Waals surface area contributed by atoms with Crippen molar-refractivity contribution in [1.82, 2.24) is 14.9 Å². The number of fused-ring (bicyclic) bond motifs is 1. The van der Waals surface area contributed by atoms with Crippen LogP contribution in [0.2, 0.25) is 0 Å². The molecule has 4 rings (SSSR count). The van der Waals surface area contributed by atoms with Crippen LogP contribution < -0.4 is 14.5 Å². The van der Waals surface area contributed by atoms with E-state index in [2.05, 4.69) is 34.8 Å². The summed E-state index contributed by atoms with van der Waals surface area (Å²) in [5, 5.41) is 1.09. The third kappa shape index (κ3) is 7.97. The first-order chi connectivity index (χ1) is 18.6. The number of aryl methyl sites for hydroxylation is 2. The van der Waals surface area contributed by atoms with E-state index < -0.39 is 5.41 Å². The number of ether oxygens (including phenoxy) is 1. The second-order valence-electron chi connectivity index (χ2n) is 10.5. The van der Waals surface area contributed by atoms with Gasteiger partial charge in [0.15, 0.2) is 0 Å². The Balaban J connectivity index is 0.00000294. The van der Waals surface area contributed by atoms with Crippen LogP contribution in [0.4, 0.5) is 11.4 Å². The Hall–Kier alpha value is -2.72. The Kier molecular flexibility index (Phi) is 12.6. The van der Waals surface area contributed by atoms with Crippen molar-refractivity contribution < 1.29 is 14.3 Å². The molecule has 1 aliphatic heterocycles. The van der Waals surface area contributed by atoms with Gasteiger partial charge in [0, 0.05) is 56.6 Å². The van der Waals surface area contributed by atoms with Crippen LogP contribution in [0.5, 0.6) is 5.75 Å². The number of rotatable bonds is 11. The second-order valence-corrected chi connectivity index (χ2v) is 11.8. The Morgan fingerprint density at radius 2 is 1.80 bits per heavy atom. The van der Waals surface area contributed by atoms with Crippen molar-refractivity contribution in [2.45, 2.75) is 54.0 Å². The van der Waals surface area contributed by atoms with Crippen molar-refractivity contribution in [2.75, 3.05) is 43.1 Å². The summed E-state index contributed by atoms with van der Waals surface area (Å²) in [6, 6.07) is 9.73. The number of hydrogen-bond donors (Lipinski definition) is 0. The van der Waals surface area contributed by atoms with E-state index in [4.69, 9.17) is 4.74 Å². The molecule has 41 heavy (non-hydrogen) atoms. The average molecular weight is 623 g/mol. The van der Waals surface area contributed by atoms with Gasteiger partial charge in [0.1, 0.15) is 11.2 Å². The minimum absolute atomic E-state index is 0. The molecule has 3 aromatic rings. The van der Waals surface area contributed by atoms with Gasteiger partial charge in [-0.2, -0.15) is 0 Å². The molecule has 3 heterocycles. The number of carbonyl (C=O) groups is 2. The van der Waals surface area contributed by atoms with Crippen LogP contribution in [0.3, 0.4) is 0 Å². The molecule has 0 fully saturated rings. The number of amides is 2. The van der Waals surface area contributed by atoms with Crippen LogP contribution in [0.1, 0.15) is 48.3 Å². The average Bonchev–Trinajstić information content (AvgIpc) is 3.23. The molecule has 224 valence electrons. The molecule has 1 aromatic carbocycles. The minimum atomic E-state index is -1.13. The number of anilines is 2. The molecule has 8 nitrogen and oxygen atoms in total. The van der Waals surface area contributed by atoms with Crippen molar-refractivity contribution >= 4 is 59.3 Å². The molecular weight excluding hydrogens is 581 g/mol. The van der Waals surface area contributed by atoms with Gasteiger partial charge in [0.05, 0.1) is 28.7 Å². The topological polar surface area (TPSA) is 78.9 Å². The Morgan fingerprint density at radius 3 is 2.44 bits per heavy atom. The van der Waals surface area contributed by atoms with E-state index in [9.17, 15) is 9.59 Å². The van der Waals surface area contributed by atoms with E-state index in [-0.39, 0.29) is 36.6 Å². The second kappa shape index (κ2) is 15.0. The van der Waals surface area contributed by atoms with E-state index in [1.165, 1.54) is 10.4 Å². The first kappa shape index (κ1) is 34.5. The molecule has 0 aliphatic carbocycles. The number of halogens is 2. The van der Waals surface area contributed by atoms with Gasteiger partial charge in [-0.15, -0.1) is 36.2 Å². The van der Waals surface area contributed by atoms with E-state index in [1.807, 2.05) is 37.4 Å². The maximum atomic E-state index is 13.1. The van der Waals surface area contributed by atoms with Gasteiger partial charge in [-0.1, -0.05) is 6.07 Å². The van der Waals surface area contributed by atoms with E-state index in [1.54, 1.807) is 48.2 Å². The van der Waals surface area contributed by atoms with Crippen LogP contribution in [-0.2, 0) is 22.6 Å². The van der Waals surface area contributed by atoms with Gasteiger partial charge < -0.3 is 14.5 Å². The first-order valence-corrected chi connectivity index (χ1v) is 14.3.